The smallest absolute Gasteiger partial charge is 0.236 e. The Hall–Kier alpha value is -1.63. The largest absolute Gasteiger partial charge is 0.353 e. The fourth-order valence-electron chi connectivity index (χ4n) is 5.55. The van der Waals surface area contributed by atoms with E-state index in [9.17, 15) is 14.4 Å². The van der Waals surface area contributed by atoms with Gasteiger partial charge >= 0.3 is 0 Å². The predicted octanol–water partition coefficient (Wildman–Crippen LogP) is 1.23. The molecule has 4 fully saturated rings. The monoisotopic (exact) mass is 404 g/mol. The zero-order valence-electron chi connectivity index (χ0n) is 17.6. The van der Waals surface area contributed by atoms with E-state index in [1.54, 1.807) is 0 Å². The number of carbonyl (C=O) groups excluding carboxylic acids is 3. The van der Waals surface area contributed by atoms with Crippen LogP contribution in [0.3, 0.4) is 0 Å². The standard InChI is InChI=1S/C22H36N4O3/c27-20-6-5-18-15-24(12-9-19(18)23-20)16-21(28)25-13-7-17(8-14-25)22(29)26-10-3-1-2-4-11-26/h17-19H,1-16H2,(H,23,27). The zero-order valence-corrected chi connectivity index (χ0v) is 17.6. The Morgan fingerprint density at radius 1 is 0.862 bits per heavy atom. The number of nitrogens with one attached hydrogen (secondary N) is 1. The Kier molecular flexibility index (Phi) is 6.73. The van der Waals surface area contributed by atoms with Gasteiger partial charge in [-0.15, -0.1) is 0 Å². The van der Waals surface area contributed by atoms with Gasteiger partial charge in [-0.3, -0.25) is 19.3 Å². The van der Waals surface area contributed by atoms with Crippen molar-refractivity contribution in [3.63, 3.8) is 0 Å². The van der Waals surface area contributed by atoms with E-state index in [1.165, 1.54) is 12.8 Å². The topological polar surface area (TPSA) is 73.0 Å². The van der Waals surface area contributed by atoms with Crippen LogP contribution in [0, 0.1) is 11.8 Å². The highest BCUT2D eigenvalue weighted by Crippen LogP contribution is 2.26. The van der Waals surface area contributed by atoms with Crippen molar-refractivity contribution in [2.45, 2.75) is 63.8 Å². The van der Waals surface area contributed by atoms with Crippen molar-refractivity contribution in [3.8, 4) is 0 Å². The molecule has 0 aliphatic carbocycles. The van der Waals surface area contributed by atoms with Crippen LogP contribution >= 0.6 is 0 Å². The molecule has 0 spiro atoms. The van der Waals surface area contributed by atoms with Crippen LogP contribution in [0.4, 0.5) is 0 Å². The molecule has 162 valence electrons. The average molecular weight is 405 g/mol. The molecule has 2 unspecified atom stereocenters. The molecule has 3 amide bonds. The van der Waals surface area contributed by atoms with Crippen LogP contribution < -0.4 is 5.32 Å². The van der Waals surface area contributed by atoms with Crippen molar-refractivity contribution in [2.24, 2.45) is 11.8 Å². The van der Waals surface area contributed by atoms with Gasteiger partial charge < -0.3 is 15.1 Å². The molecular formula is C22H36N4O3. The molecule has 2 atom stereocenters. The summed E-state index contributed by atoms with van der Waals surface area (Å²) >= 11 is 0. The summed E-state index contributed by atoms with van der Waals surface area (Å²) in [5, 5.41) is 3.10. The number of carbonyl (C=O) groups is 3. The number of piperidine rings is 3. The first-order valence-electron chi connectivity index (χ1n) is 11.7. The molecule has 4 saturated heterocycles. The number of fused-ring (bicyclic) bond motifs is 1. The number of likely N-dealkylation sites (tertiary alicyclic amines) is 3. The van der Waals surface area contributed by atoms with Gasteiger partial charge in [0.15, 0.2) is 0 Å². The molecule has 0 aromatic rings. The first kappa shape index (κ1) is 20.6. The number of nitrogens with zero attached hydrogens (tertiary/aromatic N) is 3. The van der Waals surface area contributed by atoms with Gasteiger partial charge in [-0.25, -0.2) is 0 Å². The van der Waals surface area contributed by atoms with Crippen molar-refractivity contribution in [1.29, 1.82) is 0 Å². The Morgan fingerprint density at radius 3 is 2.31 bits per heavy atom. The van der Waals surface area contributed by atoms with E-state index in [0.717, 1.165) is 64.7 Å². The second-order valence-electron chi connectivity index (χ2n) is 9.39. The van der Waals surface area contributed by atoms with Crippen molar-refractivity contribution in [1.82, 2.24) is 20.0 Å². The van der Waals surface area contributed by atoms with Crippen LogP contribution in [0.1, 0.15) is 57.8 Å². The molecule has 0 saturated carbocycles. The van der Waals surface area contributed by atoms with Crippen molar-refractivity contribution < 1.29 is 14.4 Å². The molecule has 1 N–H and O–H groups in total. The number of hydrogen-bond donors (Lipinski definition) is 1. The Bertz CT molecular complexity index is 609. The first-order valence-corrected chi connectivity index (χ1v) is 11.7. The molecule has 29 heavy (non-hydrogen) atoms. The van der Waals surface area contributed by atoms with Crippen molar-refractivity contribution >= 4 is 17.7 Å². The van der Waals surface area contributed by atoms with Gasteiger partial charge in [0.05, 0.1) is 6.54 Å². The van der Waals surface area contributed by atoms with E-state index < -0.39 is 0 Å². The van der Waals surface area contributed by atoms with Gasteiger partial charge in [0, 0.05) is 57.6 Å². The third kappa shape index (κ3) is 5.11. The predicted molar refractivity (Wildman–Crippen MR) is 110 cm³/mol. The molecule has 0 aromatic carbocycles. The summed E-state index contributed by atoms with van der Waals surface area (Å²) in [6.45, 7) is 5.49. The van der Waals surface area contributed by atoms with E-state index in [4.69, 9.17) is 0 Å². The van der Waals surface area contributed by atoms with Crippen molar-refractivity contribution in [2.75, 3.05) is 45.8 Å². The van der Waals surface area contributed by atoms with Crippen LogP contribution in [0.5, 0.6) is 0 Å². The van der Waals surface area contributed by atoms with E-state index >= 15 is 0 Å². The zero-order chi connectivity index (χ0) is 20.2. The van der Waals surface area contributed by atoms with E-state index in [2.05, 4.69) is 15.1 Å². The molecule has 0 bridgehead atoms. The maximum Gasteiger partial charge on any atom is 0.236 e. The minimum absolute atomic E-state index is 0.0961. The van der Waals surface area contributed by atoms with E-state index in [1.807, 2.05) is 4.90 Å². The molecular weight excluding hydrogens is 368 g/mol. The molecule has 4 rings (SSSR count). The van der Waals surface area contributed by atoms with Gasteiger partial charge in [-0.05, 0) is 44.4 Å². The fourth-order valence-corrected chi connectivity index (χ4v) is 5.55. The quantitative estimate of drug-likeness (QED) is 0.768. The Balaban J connectivity index is 1.21. The summed E-state index contributed by atoms with van der Waals surface area (Å²) in [6, 6.07) is 0.295. The molecule has 7 nitrogen and oxygen atoms in total. The summed E-state index contributed by atoms with van der Waals surface area (Å²) in [6.07, 6.45) is 8.83. The molecule has 7 heteroatoms. The molecule has 0 aromatic heterocycles. The average Bonchev–Trinajstić information content (AvgIpc) is 3.03. The SMILES string of the molecule is O=C1CCC2CN(CC(=O)N3CCC(C(=O)N4CCCCCC4)CC3)CCC2N1. The summed E-state index contributed by atoms with van der Waals surface area (Å²) in [5.74, 6) is 1.27. The Morgan fingerprint density at radius 2 is 1.59 bits per heavy atom. The van der Waals surface area contributed by atoms with Gasteiger partial charge in [-0.1, -0.05) is 12.8 Å². The van der Waals surface area contributed by atoms with E-state index in [0.29, 0.717) is 43.9 Å². The molecule has 4 aliphatic heterocycles. The summed E-state index contributed by atoms with van der Waals surface area (Å²) < 4.78 is 0. The number of hydrogen-bond acceptors (Lipinski definition) is 4. The van der Waals surface area contributed by atoms with Crippen LogP contribution in [0.25, 0.3) is 0 Å². The molecule has 0 radical (unpaired) electrons. The van der Waals surface area contributed by atoms with Gasteiger partial charge in [0.25, 0.3) is 0 Å². The highest BCUT2D eigenvalue weighted by atomic mass is 16.2. The fraction of sp³-hybridized carbons (Fsp3) is 0.864. The maximum atomic E-state index is 12.8. The third-order valence-electron chi connectivity index (χ3n) is 7.38. The van der Waals surface area contributed by atoms with Gasteiger partial charge in [-0.2, -0.15) is 0 Å². The highest BCUT2D eigenvalue weighted by Gasteiger charge is 2.35. The van der Waals surface area contributed by atoms with Gasteiger partial charge in [0.1, 0.15) is 0 Å². The summed E-state index contributed by atoms with van der Waals surface area (Å²) in [7, 11) is 0. The second kappa shape index (κ2) is 9.45. The highest BCUT2D eigenvalue weighted by molar-refractivity contribution is 5.81. The normalized spacial score (nSPS) is 29.7. The van der Waals surface area contributed by atoms with Crippen molar-refractivity contribution in [3.05, 3.63) is 0 Å². The minimum Gasteiger partial charge on any atom is -0.353 e. The minimum atomic E-state index is 0.0961. The molecule has 4 aliphatic rings. The second-order valence-corrected chi connectivity index (χ2v) is 9.39. The summed E-state index contributed by atoms with van der Waals surface area (Å²) in [5.41, 5.74) is 0. The third-order valence-corrected chi connectivity index (χ3v) is 7.38. The van der Waals surface area contributed by atoms with Crippen LogP contribution in [0.2, 0.25) is 0 Å². The lowest BCUT2D eigenvalue weighted by Crippen LogP contribution is -2.55. The van der Waals surface area contributed by atoms with Crippen LogP contribution in [-0.4, -0.2) is 84.3 Å². The first-order chi connectivity index (χ1) is 14.1. The molecule has 4 heterocycles. The lowest BCUT2D eigenvalue weighted by Gasteiger charge is -2.42. The maximum absolute atomic E-state index is 12.8. The lowest BCUT2D eigenvalue weighted by molar-refractivity contribution is -0.141. The van der Waals surface area contributed by atoms with Gasteiger partial charge in [0.2, 0.25) is 17.7 Å². The van der Waals surface area contributed by atoms with Crippen LogP contribution in [-0.2, 0) is 14.4 Å². The number of rotatable bonds is 3. The Labute approximate surface area is 174 Å². The number of amides is 3. The summed E-state index contributed by atoms with van der Waals surface area (Å²) in [4.78, 5) is 43.5. The van der Waals surface area contributed by atoms with Crippen LogP contribution in [0.15, 0.2) is 0 Å². The lowest BCUT2D eigenvalue weighted by atomic mass is 9.85. The van der Waals surface area contributed by atoms with E-state index in [-0.39, 0.29) is 17.7 Å².